The van der Waals surface area contributed by atoms with Crippen LogP contribution in [0.25, 0.3) is 11.1 Å². The van der Waals surface area contributed by atoms with E-state index in [9.17, 15) is 8.78 Å². The van der Waals surface area contributed by atoms with Gasteiger partial charge in [0.2, 0.25) is 0 Å². The van der Waals surface area contributed by atoms with Crippen molar-refractivity contribution in [3.63, 3.8) is 0 Å². The zero-order valence-electron chi connectivity index (χ0n) is 11.3. The molecule has 2 aromatic carbocycles. The van der Waals surface area contributed by atoms with E-state index in [2.05, 4.69) is 5.32 Å². The lowest BCUT2D eigenvalue weighted by Crippen LogP contribution is -2.05. The zero-order valence-corrected chi connectivity index (χ0v) is 11.3. The fourth-order valence-electron chi connectivity index (χ4n) is 2.41. The number of benzene rings is 2. The Balaban J connectivity index is 2.53. The average Bonchev–Trinajstić information content (AvgIpc) is 2.31. The number of hydrogen-bond donors (Lipinski definition) is 1. The van der Waals surface area contributed by atoms with Crippen molar-refractivity contribution in [1.29, 1.82) is 0 Å². The second kappa shape index (κ2) is 5.49. The molecule has 0 atom stereocenters. The van der Waals surface area contributed by atoms with Gasteiger partial charge in [-0.2, -0.15) is 0 Å². The number of hydrogen-bond acceptors (Lipinski definition) is 1. The van der Waals surface area contributed by atoms with Gasteiger partial charge in [0.1, 0.15) is 11.6 Å². The molecule has 0 spiro atoms. The van der Waals surface area contributed by atoms with Crippen LogP contribution in [-0.2, 0) is 6.54 Å². The van der Waals surface area contributed by atoms with E-state index in [1.165, 1.54) is 18.2 Å². The highest BCUT2D eigenvalue weighted by atomic mass is 19.1. The maximum absolute atomic E-state index is 14.2. The van der Waals surface area contributed by atoms with Gasteiger partial charge in [-0.25, -0.2) is 8.78 Å². The molecule has 1 nitrogen and oxygen atoms in total. The first kappa shape index (κ1) is 13.7. The summed E-state index contributed by atoms with van der Waals surface area (Å²) in [6.07, 6.45) is 0. The topological polar surface area (TPSA) is 12.0 Å². The van der Waals surface area contributed by atoms with Crippen LogP contribution in [0, 0.1) is 25.5 Å². The maximum atomic E-state index is 14.2. The Kier molecular flexibility index (Phi) is 3.96. The molecule has 0 amide bonds. The molecule has 2 aromatic rings. The maximum Gasteiger partial charge on any atom is 0.131 e. The van der Waals surface area contributed by atoms with Gasteiger partial charge in [0.15, 0.2) is 0 Å². The molecule has 0 aliphatic carbocycles. The van der Waals surface area contributed by atoms with Gasteiger partial charge in [-0.15, -0.1) is 0 Å². The van der Waals surface area contributed by atoms with Gasteiger partial charge in [0.05, 0.1) is 0 Å². The minimum atomic E-state index is -0.286. The predicted molar refractivity (Wildman–Crippen MR) is 74.0 cm³/mol. The fraction of sp³-hybridized carbons (Fsp3) is 0.250. The summed E-state index contributed by atoms with van der Waals surface area (Å²) in [5.74, 6) is -0.559. The van der Waals surface area contributed by atoms with Crippen molar-refractivity contribution in [2.75, 3.05) is 7.05 Å². The fourth-order valence-corrected chi connectivity index (χ4v) is 2.41. The van der Waals surface area contributed by atoms with Gasteiger partial charge in [-0.05, 0) is 61.3 Å². The van der Waals surface area contributed by atoms with E-state index >= 15 is 0 Å². The third-order valence-electron chi connectivity index (χ3n) is 3.18. The smallest absolute Gasteiger partial charge is 0.131 e. The molecule has 0 bridgehead atoms. The summed E-state index contributed by atoms with van der Waals surface area (Å²) in [5, 5.41) is 2.98. The van der Waals surface area contributed by atoms with E-state index in [-0.39, 0.29) is 11.6 Å². The van der Waals surface area contributed by atoms with E-state index in [4.69, 9.17) is 0 Å². The van der Waals surface area contributed by atoms with E-state index in [0.717, 1.165) is 22.3 Å². The molecule has 0 aliphatic heterocycles. The Morgan fingerprint density at radius 2 is 1.63 bits per heavy atom. The molecule has 0 saturated carbocycles. The molecular formula is C16H17F2N. The van der Waals surface area contributed by atoms with Gasteiger partial charge >= 0.3 is 0 Å². The van der Waals surface area contributed by atoms with Crippen LogP contribution < -0.4 is 5.32 Å². The highest BCUT2D eigenvalue weighted by molar-refractivity contribution is 5.71. The van der Waals surface area contributed by atoms with Gasteiger partial charge in [0, 0.05) is 12.1 Å². The molecule has 0 heterocycles. The van der Waals surface area contributed by atoms with E-state index in [1.54, 1.807) is 19.9 Å². The second-order valence-electron chi connectivity index (χ2n) is 4.76. The quantitative estimate of drug-likeness (QED) is 0.881. The molecule has 0 fully saturated rings. The molecule has 0 radical (unpaired) electrons. The lowest BCUT2D eigenvalue weighted by molar-refractivity contribution is 0.622. The van der Waals surface area contributed by atoms with E-state index < -0.39 is 0 Å². The van der Waals surface area contributed by atoms with Crippen molar-refractivity contribution in [3.05, 3.63) is 58.7 Å². The van der Waals surface area contributed by atoms with E-state index in [1.807, 2.05) is 13.1 Å². The number of halogens is 2. The van der Waals surface area contributed by atoms with Gasteiger partial charge in [0.25, 0.3) is 0 Å². The molecule has 19 heavy (non-hydrogen) atoms. The highest BCUT2D eigenvalue weighted by Crippen LogP contribution is 2.30. The zero-order chi connectivity index (χ0) is 14.0. The lowest BCUT2D eigenvalue weighted by atomic mass is 9.94. The van der Waals surface area contributed by atoms with E-state index in [0.29, 0.717) is 12.1 Å². The Bertz CT molecular complexity index is 583. The largest absolute Gasteiger partial charge is 0.316 e. The van der Waals surface area contributed by atoms with Crippen LogP contribution in [0.15, 0.2) is 30.3 Å². The van der Waals surface area contributed by atoms with Crippen LogP contribution in [0.4, 0.5) is 8.78 Å². The Labute approximate surface area is 112 Å². The number of nitrogens with one attached hydrogen (secondary N) is 1. The standard InChI is InChI=1S/C16H17F2N/c1-10-6-13(17)7-11(2)16(10)14-5-4-12(9-19-3)8-15(14)18/h4-8,19H,9H2,1-3H3. The Morgan fingerprint density at radius 3 is 2.16 bits per heavy atom. The first-order valence-corrected chi connectivity index (χ1v) is 6.23. The van der Waals surface area contributed by atoms with Crippen molar-refractivity contribution in [2.24, 2.45) is 0 Å². The van der Waals surface area contributed by atoms with Crippen LogP contribution in [0.1, 0.15) is 16.7 Å². The first-order valence-electron chi connectivity index (χ1n) is 6.23. The first-order chi connectivity index (χ1) is 9.02. The van der Waals surface area contributed by atoms with Crippen LogP contribution in [0.2, 0.25) is 0 Å². The van der Waals surface area contributed by atoms with Gasteiger partial charge < -0.3 is 5.32 Å². The average molecular weight is 261 g/mol. The summed E-state index contributed by atoms with van der Waals surface area (Å²) in [4.78, 5) is 0. The third-order valence-corrected chi connectivity index (χ3v) is 3.18. The summed E-state index contributed by atoms with van der Waals surface area (Å²) >= 11 is 0. The summed E-state index contributed by atoms with van der Waals surface area (Å²) in [7, 11) is 1.82. The molecular weight excluding hydrogens is 244 g/mol. The number of aryl methyl sites for hydroxylation is 2. The summed E-state index contributed by atoms with van der Waals surface area (Å²) in [6.45, 7) is 4.22. The molecule has 0 aromatic heterocycles. The minimum absolute atomic E-state index is 0.273. The Morgan fingerprint density at radius 1 is 1.00 bits per heavy atom. The molecule has 0 unspecified atom stereocenters. The van der Waals surface area contributed by atoms with Crippen LogP contribution in [0.5, 0.6) is 0 Å². The van der Waals surface area contributed by atoms with Crippen molar-refractivity contribution in [1.82, 2.24) is 5.32 Å². The minimum Gasteiger partial charge on any atom is -0.316 e. The van der Waals surface area contributed by atoms with Crippen LogP contribution in [0.3, 0.4) is 0 Å². The van der Waals surface area contributed by atoms with Crippen molar-refractivity contribution < 1.29 is 8.78 Å². The predicted octanol–water partition coefficient (Wildman–Crippen LogP) is 3.97. The van der Waals surface area contributed by atoms with Crippen LogP contribution >= 0.6 is 0 Å². The van der Waals surface area contributed by atoms with Crippen molar-refractivity contribution in [3.8, 4) is 11.1 Å². The molecule has 1 N–H and O–H groups in total. The monoisotopic (exact) mass is 261 g/mol. The van der Waals surface area contributed by atoms with Gasteiger partial charge in [-0.1, -0.05) is 12.1 Å². The van der Waals surface area contributed by atoms with Gasteiger partial charge in [-0.3, -0.25) is 0 Å². The Hall–Kier alpha value is -1.74. The van der Waals surface area contributed by atoms with Crippen molar-refractivity contribution in [2.45, 2.75) is 20.4 Å². The third kappa shape index (κ3) is 2.82. The molecule has 100 valence electrons. The summed E-state index contributed by atoms with van der Waals surface area (Å²) in [6, 6.07) is 8.03. The highest BCUT2D eigenvalue weighted by Gasteiger charge is 2.12. The molecule has 0 aliphatic rings. The lowest BCUT2D eigenvalue weighted by Gasteiger charge is -2.12. The summed E-state index contributed by atoms with van der Waals surface area (Å²) < 4.78 is 27.5. The van der Waals surface area contributed by atoms with Crippen LogP contribution in [-0.4, -0.2) is 7.05 Å². The molecule has 3 heteroatoms. The second-order valence-corrected chi connectivity index (χ2v) is 4.76. The molecule has 2 rings (SSSR count). The normalized spacial score (nSPS) is 10.8. The molecule has 0 saturated heterocycles. The number of rotatable bonds is 3. The SMILES string of the molecule is CNCc1ccc(-c2c(C)cc(F)cc2C)c(F)c1. The summed E-state index contributed by atoms with van der Waals surface area (Å²) in [5.41, 5.74) is 3.68. The van der Waals surface area contributed by atoms with Crippen molar-refractivity contribution >= 4 is 0 Å².